The molecule has 0 radical (unpaired) electrons. The minimum atomic E-state index is 0. The summed E-state index contributed by atoms with van der Waals surface area (Å²) in [6, 6.07) is 3.89. The second-order valence-electron chi connectivity index (χ2n) is 6.68. The van der Waals surface area contributed by atoms with Crippen LogP contribution in [0.3, 0.4) is 0 Å². The first-order chi connectivity index (χ1) is 13.3. The number of aromatic nitrogens is 1. The van der Waals surface area contributed by atoms with E-state index in [9.17, 15) is 0 Å². The molecular weight excluding hydrogens is 471 g/mol. The van der Waals surface area contributed by atoms with Gasteiger partial charge in [-0.25, -0.2) is 4.99 Å². The van der Waals surface area contributed by atoms with Gasteiger partial charge < -0.3 is 24.3 Å². The first-order valence-electron chi connectivity index (χ1n) is 9.92. The Morgan fingerprint density at radius 3 is 2.86 bits per heavy atom. The zero-order chi connectivity index (χ0) is 18.9. The van der Waals surface area contributed by atoms with Crippen LogP contribution in [0.4, 0.5) is 0 Å². The summed E-state index contributed by atoms with van der Waals surface area (Å²) < 4.78 is 16.5. The first-order valence-corrected chi connectivity index (χ1v) is 9.92. The molecule has 1 unspecified atom stereocenters. The van der Waals surface area contributed by atoms with Crippen LogP contribution < -0.4 is 10.6 Å². The van der Waals surface area contributed by atoms with Gasteiger partial charge in [0.25, 0.3) is 0 Å². The standard InChI is InChI=1S/C20H30N4O3.HI/c1-3-18-17(19(4-2)27-24-18)14-23-20(22-13-16-8-6-12-26-16)21-10-9-15-7-5-11-25-15;/h5,7,11,16H,3-4,6,8-10,12-14H2,1-2H3,(H2,21,22,23);1H. The highest BCUT2D eigenvalue weighted by atomic mass is 127. The van der Waals surface area contributed by atoms with E-state index in [1.54, 1.807) is 6.26 Å². The molecule has 0 spiro atoms. The molecule has 1 atom stereocenters. The van der Waals surface area contributed by atoms with Gasteiger partial charge in [-0.1, -0.05) is 19.0 Å². The Morgan fingerprint density at radius 1 is 1.29 bits per heavy atom. The van der Waals surface area contributed by atoms with E-state index in [2.05, 4.69) is 29.6 Å². The van der Waals surface area contributed by atoms with E-state index in [4.69, 9.17) is 18.7 Å². The Kier molecular flexibility index (Phi) is 9.83. The van der Waals surface area contributed by atoms with Crippen LogP contribution in [-0.2, 0) is 30.5 Å². The summed E-state index contributed by atoms with van der Waals surface area (Å²) in [5, 5.41) is 11.0. The third kappa shape index (κ3) is 6.51. The lowest BCUT2D eigenvalue weighted by Gasteiger charge is -2.15. The Bertz CT molecular complexity index is 688. The predicted molar refractivity (Wildman–Crippen MR) is 119 cm³/mol. The number of guanidine groups is 1. The van der Waals surface area contributed by atoms with Crippen molar-refractivity contribution in [3.8, 4) is 0 Å². The van der Waals surface area contributed by atoms with Gasteiger partial charge in [-0.3, -0.25) is 0 Å². The summed E-state index contributed by atoms with van der Waals surface area (Å²) >= 11 is 0. The van der Waals surface area contributed by atoms with Gasteiger partial charge >= 0.3 is 0 Å². The number of hydrogen-bond acceptors (Lipinski definition) is 5. The molecule has 28 heavy (non-hydrogen) atoms. The molecule has 7 nitrogen and oxygen atoms in total. The summed E-state index contributed by atoms with van der Waals surface area (Å²) in [5.41, 5.74) is 2.09. The SMILES string of the molecule is CCc1noc(CC)c1CN=C(NCCc1ccco1)NCC1CCCO1.I. The fourth-order valence-corrected chi connectivity index (χ4v) is 3.22. The topological polar surface area (TPSA) is 84.8 Å². The van der Waals surface area contributed by atoms with Gasteiger partial charge in [0.1, 0.15) is 11.5 Å². The molecule has 0 bridgehead atoms. The maximum atomic E-state index is 5.70. The average Bonchev–Trinajstić information content (AvgIpc) is 3.45. The van der Waals surface area contributed by atoms with E-state index in [1.165, 1.54) is 0 Å². The van der Waals surface area contributed by atoms with Crippen LogP contribution in [0, 0.1) is 0 Å². The minimum absolute atomic E-state index is 0. The van der Waals surface area contributed by atoms with Gasteiger partial charge in [0, 0.05) is 38.1 Å². The highest BCUT2D eigenvalue weighted by Gasteiger charge is 2.16. The third-order valence-electron chi connectivity index (χ3n) is 4.77. The maximum Gasteiger partial charge on any atom is 0.191 e. The lowest BCUT2D eigenvalue weighted by Crippen LogP contribution is -2.42. The summed E-state index contributed by atoms with van der Waals surface area (Å²) in [6.07, 6.45) is 6.66. The number of hydrogen-bond donors (Lipinski definition) is 2. The van der Waals surface area contributed by atoms with E-state index in [0.29, 0.717) is 6.54 Å². The monoisotopic (exact) mass is 502 g/mol. The molecule has 2 N–H and O–H groups in total. The molecule has 1 aliphatic heterocycles. The minimum Gasteiger partial charge on any atom is -0.469 e. The zero-order valence-corrected chi connectivity index (χ0v) is 19.0. The lowest BCUT2D eigenvalue weighted by atomic mass is 10.1. The van der Waals surface area contributed by atoms with Crippen LogP contribution in [0.25, 0.3) is 0 Å². The number of rotatable bonds is 9. The highest BCUT2D eigenvalue weighted by molar-refractivity contribution is 14.0. The first kappa shape index (κ1) is 22.7. The van der Waals surface area contributed by atoms with Crippen LogP contribution in [0.2, 0.25) is 0 Å². The molecule has 0 aliphatic carbocycles. The summed E-state index contributed by atoms with van der Waals surface area (Å²) in [6.45, 7) is 7.07. The third-order valence-corrected chi connectivity index (χ3v) is 4.77. The zero-order valence-electron chi connectivity index (χ0n) is 16.7. The van der Waals surface area contributed by atoms with Crippen molar-refractivity contribution in [2.24, 2.45) is 4.99 Å². The molecule has 1 saturated heterocycles. The second-order valence-corrected chi connectivity index (χ2v) is 6.68. The summed E-state index contributed by atoms with van der Waals surface area (Å²) in [7, 11) is 0. The Hall–Kier alpha value is -1.55. The Morgan fingerprint density at radius 2 is 2.18 bits per heavy atom. The molecule has 0 saturated carbocycles. The molecule has 3 rings (SSSR count). The maximum absolute atomic E-state index is 5.70. The summed E-state index contributed by atoms with van der Waals surface area (Å²) in [5.74, 6) is 2.66. The number of aliphatic imine (C=N–C) groups is 1. The van der Waals surface area contributed by atoms with Crippen molar-refractivity contribution in [3.05, 3.63) is 41.2 Å². The largest absolute Gasteiger partial charge is 0.469 e. The van der Waals surface area contributed by atoms with Crippen LogP contribution in [0.1, 0.15) is 49.5 Å². The molecule has 0 aromatic carbocycles. The number of aryl methyl sites for hydroxylation is 2. The molecule has 1 aliphatic rings. The van der Waals surface area contributed by atoms with Crippen LogP contribution in [0.5, 0.6) is 0 Å². The Balaban J connectivity index is 0.00000280. The number of furan rings is 1. The van der Waals surface area contributed by atoms with E-state index in [-0.39, 0.29) is 30.1 Å². The van der Waals surface area contributed by atoms with Crippen LogP contribution in [0.15, 0.2) is 32.3 Å². The highest BCUT2D eigenvalue weighted by Crippen LogP contribution is 2.17. The predicted octanol–water partition coefficient (Wildman–Crippen LogP) is 3.47. The van der Waals surface area contributed by atoms with Crippen molar-refractivity contribution in [2.45, 2.75) is 58.6 Å². The molecule has 3 heterocycles. The lowest BCUT2D eigenvalue weighted by molar-refractivity contribution is 0.114. The van der Waals surface area contributed by atoms with Crippen molar-refractivity contribution < 1.29 is 13.7 Å². The number of halogens is 1. The molecule has 0 amide bonds. The van der Waals surface area contributed by atoms with Crippen molar-refractivity contribution in [2.75, 3.05) is 19.7 Å². The van der Waals surface area contributed by atoms with E-state index in [1.807, 2.05) is 12.1 Å². The molecular formula is C20H31IN4O3. The van der Waals surface area contributed by atoms with Crippen molar-refractivity contribution in [1.82, 2.24) is 15.8 Å². The van der Waals surface area contributed by atoms with Gasteiger partial charge in [0.15, 0.2) is 5.96 Å². The second kappa shape index (κ2) is 12.1. The van der Waals surface area contributed by atoms with Gasteiger partial charge in [-0.2, -0.15) is 0 Å². The molecule has 2 aromatic rings. The van der Waals surface area contributed by atoms with E-state index in [0.717, 1.165) is 80.5 Å². The van der Waals surface area contributed by atoms with Crippen molar-refractivity contribution in [1.29, 1.82) is 0 Å². The van der Waals surface area contributed by atoms with E-state index < -0.39 is 0 Å². The van der Waals surface area contributed by atoms with E-state index >= 15 is 0 Å². The number of nitrogens with one attached hydrogen (secondary N) is 2. The number of nitrogens with zero attached hydrogens (tertiary/aromatic N) is 2. The van der Waals surface area contributed by atoms with Gasteiger partial charge in [0.2, 0.25) is 0 Å². The fourth-order valence-electron chi connectivity index (χ4n) is 3.22. The van der Waals surface area contributed by atoms with Gasteiger partial charge in [0.05, 0.1) is 24.6 Å². The molecule has 8 heteroatoms. The van der Waals surface area contributed by atoms with Crippen LogP contribution >= 0.6 is 24.0 Å². The normalized spacial score (nSPS) is 16.8. The molecule has 156 valence electrons. The summed E-state index contributed by atoms with van der Waals surface area (Å²) in [4.78, 5) is 4.77. The smallest absolute Gasteiger partial charge is 0.191 e. The Labute approximate surface area is 183 Å². The average molecular weight is 502 g/mol. The molecule has 2 aromatic heterocycles. The molecule has 1 fully saturated rings. The van der Waals surface area contributed by atoms with Gasteiger partial charge in [-0.15, -0.1) is 24.0 Å². The van der Waals surface area contributed by atoms with Crippen molar-refractivity contribution in [3.63, 3.8) is 0 Å². The number of ether oxygens (including phenoxy) is 1. The van der Waals surface area contributed by atoms with Crippen LogP contribution in [-0.4, -0.2) is 36.9 Å². The van der Waals surface area contributed by atoms with Crippen molar-refractivity contribution >= 4 is 29.9 Å². The van der Waals surface area contributed by atoms with Gasteiger partial charge in [-0.05, 0) is 31.4 Å². The fraction of sp³-hybridized carbons (Fsp3) is 0.600. The quantitative estimate of drug-likeness (QED) is 0.311.